The second-order valence-corrected chi connectivity index (χ2v) is 2.78. The normalized spacial score (nSPS) is 9.38. The first-order valence-corrected chi connectivity index (χ1v) is 3.84. The topological polar surface area (TPSA) is 65.9 Å². The Hall–Kier alpha value is -1.76. The minimum Gasteiger partial charge on any atom is -0.423 e. The first-order valence-electron chi connectivity index (χ1n) is 3.84. The molecule has 4 nitrogen and oxygen atoms in total. The largest absolute Gasteiger partial charge is 0.423 e. The van der Waals surface area contributed by atoms with Crippen LogP contribution in [0.25, 0.3) is 0 Å². The average molecular weight is 178 g/mol. The molecule has 13 heavy (non-hydrogen) atoms. The van der Waals surface area contributed by atoms with Crippen molar-refractivity contribution in [2.24, 2.45) is 0 Å². The van der Waals surface area contributed by atoms with Gasteiger partial charge < -0.3 is 9.72 Å². The number of carbonyl (C=O) groups is 1. The van der Waals surface area contributed by atoms with E-state index in [0.717, 1.165) is 5.69 Å². The summed E-state index contributed by atoms with van der Waals surface area (Å²) in [6, 6.07) is 1.98. The maximum absolute atomic E-state index is 10.7. The summed E-state index contributed by atoms with van der Waals surface area (Å²) in [5.41, 5.74) is 1.81. The van der Waals surface area contributed by atoms with E-state index in [9.17, 15) is 4.79 Å². The number of H-pyrrole nitrogens is 1. The van der Waals surface area contributed by atoms with Crippen LogP contribution < -0.4 is 4.74 Å². The predicted octanol–water partition coefficient (Wildman–Crippen LogP) is 1.43. The van der Waals surface area contributed by atoms with E-state index < -0.39 is 5.97 Å². The van der Waals surface area contributed by atoms with Crippen LogP contribution in [0.3, 0.4) is 0 Å². The molecule has 0 bridgehead atoms. The number of hydrogen-bond donors (Lipinski definition) is 1. The number of aromatic amines is 1. The third-order valence-corrected chi connectivity index (χ3v) is 1.68. The Morgan fingerprint density at radius 2 is 2.08 bits per heavy atom. The fourth-order valence-corrected chi connectivity index (χ4v) is 1.16. The minimum atomic E-state index is -0.418. The summed E-state index contributed by atoms with van der Waals surface area (Å²) < 4.78 is 4.90. The lowest BCUT2D eigenvalue weighted by Gasteiger charge is -1.99. The molecular formula is C9H10N2O2. The highest BCUT2D eigenvalue weighted by Gasteiger charge is 2.14. The maximum Gasteiger partial charge on any atom is 0.308 e. The summed E-state index contributed by atoms with van der Waals surface area (Å²) in [7, 11) is 0. The Labute approximate surface area is 76.1 Å². The first-order chi connectivity index (χ1) is 6.06. The molecule has 0 fully saturated rings. The Morgan fingerprint density at radius 3 is 2.54 bits per heavy atom. The van der Waals surface area contributed by atoms with E-state index >= 15 is 0 Å². The molecule has 0 spiro atoms. The molecule has 0 aromatic carbocycles. The van der Waals surface area contributed by atoms with Crippen molar-refractivity contribution in [1.29, 1.82) is 5.26 Å². The summed E-state index contributed by atoms with van der Waals surface area (Å²) in [4.78, 5) is 13.6. The molecule has 1 rings (SSSR count). The van der Waals surface area contributed by atoms with Gasteiger partial charge in [0, 0.05) is 12.6 Å². The summed E-state index contributed by atoms with van der Waals surface area (Å²) in [5.74, 6) is -0.0777. The Morgan fingerprint density at radius 1 is 1.46 bits per heavy atom. The molecule has 0 aliphatic rings. The molecule has 0 aliphatic heterocycles. The minimum absolute atomic E-state index is 0.340. The van der Waals surface area contributed by atoms with Gasteiger partial charge in [-0.3, -0.25) is 4.79 Å². The zero-order chi connectivity index (χ0) is 10.0. The molecule has 0 aliphatic carbocycles. The highest BCUT2D eigenvalue weighted by molar-refractivity contribution is 5.71. The number of aryl methyl sites for hydroxylation is 2. The summed E-state index contributed by atoms with van der Waals surface area (Å²) in [5, 5.41) is 8.76. The molecule has 0 unspecified atom stereocenters. The van der Waals surface area contributed by atoms with Gasteiger partial charge in [-0.25, -0.2) is 0 Å². The molecule has 1 N–H and O–H groups in total. The van der Waals surface area contributed by atoms with Crippen molar-refractivity contribution in [3.8, 4) is 11.8 Å². The number of nitriles is 1. The van der Waals surface area contributed by atoms with Crippen molar-refractivity contribution >= 4 is 5.97 Å². The lowest BCUT2D eigenvalue weighted by Crippen LogP contribution is -2.02. The lowest BCUT2D eigenvalue weighted by atomic mass is 10.2. The van der Waals surface area contributed by atoms with Crippen LogP contribution in [0, 0.1) is 25.2 Å². The number of aromatic nitrogens is 1. The van der Waals surface area contributed by atoms with Crippen LogP contribution in [-0.2, 0) is 4.79 Å². The standard InChI is InChI=1S/C9H10N2O2/c1-5-8(4-10)9(6(2)11-5)13-7(3)12/h11H,1-3H3. The monoisotopic (exact) mass is 178 g/mol. The Balaban J connectivity index is 3.19. The summed E-state index contributed by atoms with van der Waals surface area (Å²) in [6.07, 6.45) is 0. The van der Waals surface area contributed by atoms with Crippen molar-refractivity contribution in [2.75, 3.05) is 0 Å². The van der Waals surface area contributed by atoms with E-state index in [0.29, 0.717) is 17.0 Å². The van der Waals surface area contributed by atoms with E-state index in [1.165, 1.54) is 6.92 Å². The molecule has 0 atom stereocenters. The van der Waals surface area contributed by atoms with Gasteiger partial charge in [0.25, 0.3) is 0 Å². The van der Waals surface area contributed by atoms with Gasteiger partial charge in [0.15, 0.2) is 5.75 Å². The highest BCUT2D eigenvalue weighted by Crippen LogP contribution is 2.25. The maximum atomic E-state index is 10.7. The van der Waals surface area contributed by atoms with E-state index in [2.05, 4.69) is 4.98 Å². The molecular weight excluding hydrogens is 168 g/mol. The molecule has 0 saturated heterocycles. The number of ether oxygens (including phenoxy) is 1. The van der Waals surface area contributed by atoms with Crippen LogP contribution in [0.5, 0.6) is 5.75 Å². The van der Waals surface area contributed by atoms with Crippen LogP contribution in [0.1, 0.15) is 23.9 Å². The Bertz CT molecular complexity index is 385. The molecule has 0 saturated carbocycles. The van der Waals surface area contributed by atoms with E-state index in [1.54, 1.807) is 13.8 Å². The second kappa shape index (κ2) is 3.31. The van der Waals surface area contributed by atoms with E-state index in [4.69, 9.17) is 10.00 Å². The predicted molar refractivity (Wildman–Crippen MR) is 46.3 cm³/mol. The van der Waals surface area contributed by atoms with Gasteiger partial charge in [0.2, 0.25) is 0 Å². The quantitative estimate of drug-likeness (QED) is 0.661. The van der Waals surface area contributed by atoms with Gasteiger partial charge in [0.05, 0.1) is 5.69 Å². The van der Waals surface area contributed by atoms with E-state index in [1.807, 2.05) is 6.07 Å². The van der Waals surface area contributed by atoms with E-state index in [-0.39, 0.29) is 0 Å². The molecule has 1 aromatic rings. The van der Waals surface area contributed by atoms with Crippen LogP contribution in [0.15, 0.2) is 0 Å². The lowest BCUT2D eigenvalue weighted by molar-refractivity contribution is -0.131. The molecule has 1 heterocycles. The zero-order valence-corrected chi connectivity index (χ0v) is 7.76. The molecule has 1 aromatic heterocycles. The smallest absolute Gasteiger partial charge is 0.308 e. The van der Waals surface area contributed by atoms with Crippen molar-refractivity contribution in [1.82, 2.24) is 4.98 Å². The molecule has 0 radical (unpaired) electrons. The highest BCUT2D eigenvalue weighted by atomic mass is 16.5. The van der Waals surface area contributed by atoms with Crippen molar-refractivity contribution in [3.63, 3.8) is 0 Å². The number of esters is 1. The fraction of sp³-hybridized carbons (Fsp3) is 0.333. The number of nitrogens with one attached hydrogen (secondary N) is 1. The van der Waals surface area contributed by atoms with Crippen LogP contribution in [0.2, 0.25) is 0 Å². The van der Waals surface area contributed by atoms with Crippen molar-refractivity contribution in [2.45, 2.75) is 20.8 Å². The van der Waals surface area contributed by atoms with Crippen LogP contribution in [0.4, 0.5) is 0 Å². The molecule has 68 valence electrons. The van der Waals surface area contributed by atoms with Gasteiger partial charge in [0.1, 0.15) is 11.6 Å². The number of hydrogen-bond acceptors (Lipinski definition) is 3. The van der Waals surface area contributed by atoms with Gasteiger partial charge in [-0.15, -0.1) is 0 Å². The van der Waals surface area contributed by atoms with Crippen LogP contribution in [-0.4, -0.2) is 11.0 Å². The van der Waals surface area contributed by atoms with Gasteiger partial charge >= 0.3 is 5.97 Å². The van der Waals surface area contributed by atoms with Gasteiger partial charge in [-0.1, -0.05) is 0 Å². The SMILES string of the molecule is CC(=O)Oc1c(C)[nH]c(C)c1C#N. The van der Waals surface area contributed by atoms with Crippen molar-refractivity contribution in [3.05, 3.63) is 17.0 Å². The number of nitrogens with zero attached hydrogens (tertiary/aromatic N) is 1. The van der Waals surface area contributed by atoms with Gasteiger partial charge in [-0.05, 0) is 13.8 Å². The Kier molecular flexibility index (Phi) is 2.38. The second-order valence-electron chi connectivity index (χ2n) is 2.78. The number of carbonyl (C=O) groups excluding carboxylic acids is 1. The third kappa shape index (κ3) is 1.70. The van der Waals surface area contributed by atoms with Crippen molar-refractivity contribution < 1.29 is 9.53 Å². The number of rotatable bonds is 1. The first kappa shape index (κ1) is 9.33. The molecule has 0 amide bonds. The average Bonchev–Trinajstić information content (AvgIpc) is 2.26. The summed E-state index contributed by atoms with van der Waals surface area (Å²) in [6.45, 7) is 4.83. The summed E-state index contributed by atoms with van der Waals surface area (Å²) >= 11 is 0. The van der Waals surface area contributed by atoms with Crippen LogP contribution >= 0.6 is 0 Å². The third-order valence-electron chi connectivity index (χ3n) is 1.68. The molecule has 4 heteroatoms. The van der Waals surface area contributed by atoms with Gasteiger partial charge in [-0.2, -0.15) is 5.26 Å². The zero-order valence-electron chi connectivity index (χ0n) is 7.76. The fourth-order valence-electron chi connectivity index (χ4n) is 1.16.